The standard InChI is InChI=1S/C10H9N5O/c1-2-15-7-9(6-13-15)16-10-8(5-11)3-4-12-14-10/h3-4,6-7H,2H2,1H3. The van der Waals surface area contributed by atoms with Gasteiger partial charge in [0.05, 0.1) is 18.6 Å². The number of ether oxygens (including phenoxy) is 1. The molecule has 16 heavy (non-hydrogen) atoms. The molecule has 2 heterocycles. The van der Waals surface area contributed by atoms with Crippen LogP contribution in [0.25, 0.3) is 0 Å². The zero-order valence-corrected chi connectivity index (χ0v) is 8.66. The zero-order valence-electron chi connectivity index (χ0n) is 8.66. The third kappa shape index (κ3) is 1.98. The Kier molecular flexibility index (Phi) is 2.78. The summed E-state index contributed by atoms with van der Waals surface area (Å²) in [5.74, 6) is 0.736. The highest BCUT2D eigenvalue weighted by atomic mass is 16.5. The van der Waals surface area contributed by atoms with Crippen molar-refractivity contribution in [2.75, 3.05) is 0 Å². The van der Waals surface area contributed by atoms with Crippen molar-refractivity contribution in [1.29, 1.82) is 5.26 Å². The first-order valence-electron chi connectivity index (χ1n) is 4.75. The summed E-state index contributed by atoms with van der Waals surface area (Å²) in [4.78, 5) is 0. The molecule has 0 aliphatic carbocycles. The molecule has 0 amide bonds. The van der Waals surface area contributed by atoms with Crippen molar-refractivity contribution in [2.24, 2.45) is 0 Å². The van der Waals surface area contributed by atoms with Crippen LogP contribution in [0.5, 0.6) is 11.6 Å². The lowest BCUT2D eigenvalue weighted by Gasteiger charge is -2.01. The minimum Gasteiger partial charge on any atom is -0.433 e. The second-order valence-electron chi connectivity index (χ2n) is 3.00. The Balaban J connectivity index is 2.24. The van der Waals surface area contributed by atoms with Crippen LogP contribution in [-0.4, -0.2) is 20.0 Å². The quantitative estimate of drug-likeness (QED) is 0.772. The third-order valence-corrected chi connectivity index (χ3v) is 1.96. The summed E-state index contributed by atoms with van der Waals surface area (Å²) in [5, 5.41) is 20.3. The molecule has 0 bridgehead atoms. The molecular formula is C10H9N5O. The van der Waals surface area contributed by atoms with Crippen molar-refractivity contribution < 1.29 is 4.74 Å². The molecule has 0 spiro atoms. The minimum absolute atomic E-state index is 0.195. The van der Waals surface area contributed by atoms with Crippen molar-refractivity contribution in [2.45, 2.75) is 13.5 Å². The van der Waals surface area contributed by atoms with E-state index in [1.54, 1.807) is 23.1 Å². The molecule has 80 valence electrons. The molecule has 0 unspecified atom stereocenters. The number of nitrogens with zero attached hydrogens (tertiary/aromatic N) is 5. The molecule has 2 aromatic heterocycles. The smallest absolute Gasteiger partial charge is 0.257 e. The van der Waals surface area contributed by atoms with Gasteiger partial charge in [-0.1, -0.05) is 0 Å². The van der Waals surface area contributed by atoms with Crippen molar-refractivity contribution in [3.8, 4) is 17.7 Å². The second kappa shape index (κ2) is 4.40. The maximum atomic E-state index is 8.83. The van der Waals surface area contributed by atoms with Crippen molar-refractivity contribution >= 4 is 0 Å². The van der Waals surface area contributed by atoms with E-state index in [2.05, 4.69) is 15.3 Å². The van der Waals surface area contributed by atoms with Gasteiger partial charge in [0.15, 0.2) is 5.75 Å². The summed E-state index contributed by atoms with van der Waals surface area (Å²) >= 11 is 0. The lowest BCUT2D eigenvalue weighted by molar-refractivity contribution is 0.452. The van der Waals surface area contributed by atoms with Gasteiger partial charge in [-0.2, -0.15) is 15.5 Å². The van der Waals surface area contributed by atoms with Gasteiger partial charge in [0, 0.05) is 6.54 Å². The molecule has 0 radical (unpaired) electrons. The maximum absolute atomic E-state index is 8.83. The van der Waals surface area contributed by atoms with Crippen LogP contribution < -0.4 is 4.74 Å². The van der Waals surface area contributed by atoms with Crippen molar-refractivity contribution in [3.63, 3.8) is 0 Å². The lowest BCUT2D eigenvalue weighted by atomic mass is 10.3. The molecular weight excluding hydrogens is 206 g/mol. The molecule has 0 aromatic carbocycles. The molecule has 0 saturated heterocycles. The molecule has 0 N–H and O–H groups in total. The molecule has 0 aliphatic heterocycles. The summed E-state index contributed by atoms with van der Waals surface area (Å²) < 4.78 is 7.12. The predicted molar refractivity (Wildman–Crippen MR) is 54.7 cm³/mol. The van der Waals surface area contributed by atoms with Crippen LogP contribution in [-0.2, 0) is 6.54 Å². The molecule has 0 saturated carbocycles. The Morgan fingerprint density at radius 3 is 3.12 bits per heavy atom. The SMILES string of the molecule is CCn1cc(Oc2nnccc2C#N)cn1. The van der Waals surface area contributed by atoms with Crippen molar-refractivity contribution in [3.05, 3.63) is 30.2 Å². The van der Waals surface area contributed by atoms with Crippen molar-refractivity contribution in [1.82, 2.24) is 20.0 Å². The summed E-state index contributed by atoms with van der Waals surface area (Å²) in [7, 11) is 0. The molecule has 0 atom stereocenters. The van der Waals surface area contributed by atoms with Crippen LogP contribution in [0.15, 0.2) is 24.7 Å². The van der Waals surface area contributed by atoms with Gasteiger partial charge in [-0.25, -0.2) is 0 Å². The molecule has 0 aliphatic rings. The normalized spacial score (nSPS) is 9.75. The number of hydrogen-bond donors (Lipinski definition) is 0. The summed E-state index contributed by atoms with van der Waals surface area (Å²) in [6.45, 7) is 2.73. The fraction of sp³-hybridized carbons (Fsp3) is 0.200. The van der Waals surface area contributed by atoms with Crippen LogP contribution in [0.2, 0.25) is 0 Å². The fourth-order valence-electron chi connectivity index (χ4n) is 1.16. The fourth-order valence-corrected chi connectivity index (χ4v) is 1.16. The van der Waals surface area contributed by atoms with Gasteiger partial charge in [0.25, 0.3) is 5.88 Å². The molecule has 6 heteroatoms. The number of rotatable bonds is 3. The molecule has 6 nitrogen and oxygen atoms in total. The van der Waals surface area contributed by atoms with E-state index in [1.807, 2.05) is 13.0 Å². The van der Waals surface area contributed by atoms with Gasteiger partial charge in [-0.3, -0.25) is 4.68 Å². The second-order valence-corrected chi connectivity index (χ2v) is 3.00. The van der Waals surface area contributed by atoms with E-state index in [1.165, 1.54) is 6.20 Å². The zero-order chi connectivity index (χ0) is 11.4. The number of hydrogen-bond acceptors (Lipinski definition) is 5. The first-order chi connectivity index (χ1) is 7.83. The predicted octanol–water partition coefficient (Wildman–Crippen LogP) is 1.36. The maximum Gasteiger partial charge on any atom is 0.257 e. The van der Waals surface area contributed by atoms with E-state index in [0.29, 0.717) is 11.3 Å². The Bertz CT molecular complexity index is 528. The third-order valence-electron chi connectivity index (χ3n) is 1.96. The molecule has 2 aromatic rings. The minimum atomic E-state index is 0.195. The summed E-state index contributed by atoms with van der Waals surface area (Å²) in [5.41, 5.74) is 0.347. The van der Waals surface area contributed by atoms with E-state index < -0.39 is 0 Å². The van der Waals surface area contributed by atoms with Crippen LogP contribution in [0.1, 0.15) is 12.5 Å². The van der Waals surface area contributed by atoms with E-state index in [9.17, 15) is 0 Å². The Morgan fingerprint density at radius 2 is 2.44 bits per heavy atom. The highest BCUT2D eigenvalue weighted by Gasteiger charge is 2.07. The van der Waals surface area contributed by atoms with Crippen LogP contribution in [0.4, 0.5) is 0 Å². The summed E-state index contributed by atoms with van der Waals surface area (Å²) in [6.07, 6.45) is 4.75. The Hall–Kier alpha value is -2.42. The average Bonchev–Trinajstić information content (AvgIpc) is 2.77. The van der Waals surface area contributed by atoms with Gasteiger partial charge in [0.2, 0.25) is 0 Å². The van der Waals surface area contributed by atoms with Crippen LogP contribution in [0.3, 0.4) is 0 Å². The molecule has 2 rings (SSSR count). The van der Waals surface area contributed by atoms with Crippen LogP contribution >= 0.6 is 0 Å². The molecule has 0 fully saturated rings. The van der Waals surface area contributed by atoms with E-state index >= 15 is 0 Å². The monoisotopic (exact) mass is 215 g/mol. The van der Waals surface area contributed by atoms with E-state index in [-0.39, 0.29) is 5.88 Å². The van der Waals surface area contributed by atoms with Gasteiger partial charge in [0.1, 0.15) is 11.6 Å². The number of aromatic nitrogens is 4. The average molecular weight is 215 g/mol. The lowest BCUT2D eigenvalue weighted by Crippen LogP contribution is -1.94. The van der Waals surface area contributed by atoms with Gasteiger partial charge in [-0.05, 0) is 13.0 Å². The van der Waals surface area contributed by atoms with E-state index in [0.717, 1.165) is 6.54 Å². The van der Waals surface area contributed by atoms with E-state index in [4.69, 9.17) is 10.00 Å². The topological polar surface area (TPSA) is 76.6 Å². The first kappa shape index (κ1) is 10.1. The highest BCUT2D eigenvalue weighted by molar-refractivity contribution is 5.38. The Morgan fingerprint density at radius 1 is 1.56 bits per heavy atom. The van der Waals surface area contributed by atoms with Crippen LogP contribution in [0, 0.1) is 11.3 Å². The number of nitriles is 1. The Labute approximate surface area is 92.1 Å². The first-order valence-corrected chi connectivity index (χ1v) is 4.75. The van der Waals surface area contributed by atoms with Gasteiger partial charge in [-0.15, -0.1) is 5.10 Å². The van der Waals surface area contributed by atoms with Gasteiger partial charge < -0.3 is 4.74 Å². The highest BCUT2D eigenvalue weighted by Crippen LogP contribution is 2.20. The van der Waals surface area contributed by atoms with Gasteiger partial charge >= 0.3 is 0 Å². The summed E-state index contributed by atoms with van der Waals surface area (Å²) in [6, 6.07) is 3.53. The number of aryl methyl sites for hydroxylation is 1. The largest absolute Gasteiger partial charge is 0.433 e.